The number of likely N-dealkylation sites (N-methyl/N-ethyl adjacent to an activating group) is 1. The molecular formula is C14H26IN3O2. The highest BCUT2D eigenvalue weighted by atomic mass is 127. The highest BCUT2D eigenvalue weighted by Crippen LogP contribution is 2.50. The molecule has 2 fully saturated rings. The molecule has 116 valence electrons. The molecule has 5 nitrogen and oxygen atoms in total. The first-order chi connectivity index (χ1) is 9.26. The first-order valence-electron chi connectivity index (χ1n) is 7.48. The van der Waals surface area contributed by atoms with Crippen molar-refractivity contribution in [3.05, 3.63) is 0 Å². The van der Waals surface area contributed by atoms with Crippen LogP contribution in [-0.4, -0.2) is 63.0 Å². The summed E-state index contributed by atoms with van der Waals surface area (Å²) in [7, 11) is 2.11. The van der Waals surface area contributed by atoms with E-state index in [4.69, 9.17) is 9.47 Å². The molecule has 0 bridgehead atoms. The second kappa shape index (κ2) is 6.79. The molecule has 0 aromatic heterocycles. The van der Waals surface area contributed by atoms with Gasteiger partial charge in [0.25, 0.3) is 0 Å². The number of hydrogen-bond acceptors (Lipinski definition) is 5. The Labute approximate surface area is 138 Å². The number of nitrogens with zero attached hydrogens (tertiary/aromatic N) is 2. The zero-order valence-corrected chi connectivity index (χ0v) is 14.8. The SMILES string of the molecule is CCOC1CC(NC2=NCCN2C)C12CCOCC2.I. The average Bonchev–Trinajstić information content (AvgIpc) is 2.84. The van der Waals surface area contributed by atoms with Gasteiger partial charge >= 0.3 is 0 Å². The fourth-order valence-electron chi connectivity index (χ4n) is 3.65. The molecule has 1 spiro atoms. The van der Waals surface area contributed by atoms with Gasteiger partial charge < -0.3 is 19.7 Å². The van der Waals surface area contributed by atoms with Gasteiger partial charge in [0.05, 0.1) is 12.6 Å². The maximum absolute atomic E-state index is 5.94. The number of hydrogen-bond donors (Lipinski definition) is 1. The van der Waals surface area contributed by atoms with Crippen LogP contribution in [0.2, 0.25) is 0 Å². The van der Waals surface area contributed by atoms with Crippen molar-refractivity contribution in [2.45, 2.75) is 38.3 Å². The van der Waals surface area contributed by atoms with Crippen molar-refractivity contribution in [3.63, 3.8) is 0 Å². The van der Waals surface area contributed by atoms with Crippen molar-refractivity contribution in [1.82, 2.24) is 10.2 Å². The Hall–Kier alpha value is -0.0800. The fourth-order valence-corrected chi connectivity index (χ4v) is 3.65. The van der Waals surface area contributed by atoms with Crippen molar-refractivity contribution < 1.29 is 9.47 Å². The molecule has 1 saturated heterocycles. The van der Waals surface area contributed by atoms with E-state index in [2.05, 4.69) is 29.2 Å². The first kappa shape index (κ1) is 16.3. The maximum atomic E-state index is 5.94. The Morgan fingerprint density at radius 2 is 2.20 bits per heavy atom. The Morgan fingerprint density at radius 3 is 2.80 bits per heavy atom. The molecule has 2 heterocycles. The minimum Gasteiger partial charge on any atom is -0.381 e. The van der Waals surface area contributed by atoms with Crippen LogP contribution in [0, 0.1) is 5.41 Å². The summed E-state index contributed by atoms with van der Waals surface area (Å²) in [5, 5.41) is 3.65. The Balaban J connectivity index is 0.00000147. The van der Waals surface area contributed by atoms with E-state index >= 15 is 0 Å². The number of rotatable bonds is 3. The van der Waals surface area contributed by atoms with Gasteiger partial charge in [-0.25, -0.2) is 0 Å². The Morgan fingerprint density at radius 1 is 1.45 bits per heavy atom. The number of aliphatic imine (C=N–C) groups is 1. The van der Waals surface area contributed by atoms with Crippen LogP contribution in [-0.2, 0) is 9.47 Å². The lowest BCUT2D eigenvalue weighted by Gasteiger charge is -2.57. The smallest absolute Gasteiger partial charge is 0.194 e. The molecule has 2 aliphatic heterocycles. The molecule has 1 saturated carbocycles. The van der Waals surface area contributed by atoms with Crippen LogP contribution < -0.4 is 5.32 Å². The lowest BCUT2D eigenvalue weighted by molar-refractivity contribution is -0.169. The van der Waals surface area contributed by atoms with Crippen LogP contribution in [0.15, 0.2) is 4.99 Å². The van der Waals surface area contributed by atoms with Gasteiger partial charge in [0, 0.05) is 44.9 Å². The number of guanidine groups is 1. The normalized spacial score (nSPS) is 31.5. The summed E-state index contributed by atoms with van der Waals surface area (Å²) in [6.07, 6.45) is 3.70. The van der Waals surface area contributed by atoms with Gasteiger partial charge in [-0.1, -0.05) is 0 Å². The lowest BCUT2D eigenvalue weighted by Crippen LogP contribution is -2.67. The molecule has 2 unspecified atom stereocenters. The highest BCUT2D eigenvalue weighted by molar-refractivity contribution is 14.0. The third-order valence-electron chi connectivity index (χ3n) is 4.94. The Kier molecular flexibility index (Phi) is 5.53. The van der Waals surface area contributed by atoms with Crippen LogP contribution in [0.4, 0.5) is 0 Å². The Bertz CT molecular complexity index is 358. The number of ether oxygens (including phenoxy) is 2. The first-order valence-corrected chi connectivity index (χ1v) is 7.48. The van der Waals surface area contributed by atoms with E-state index < -0.39 is 0 Å². The summed E-state index contributed by atoms with van der Waals surface area (Å²) in [5.74, 6) is 1.06. The highest BCUT2D eigenvalue weighted by Gasteiger charge is 2.56. The third kappa shape index (κ3) is 2.78. The van der Waals surface area contributed by atoms with Crippen LogP contribution >= 0.6 is 24.0 Å². The molecular weight excluding hydrogens is 369 g/mol. The molecule has 1 aliphatic carbocycles. The zero-order valence-electron chi connectivity index (χ0n) is 12.4. The summed E-state index contributed by atoms with van der Waals surface area (Å²) < 4.78 is 11.5. The molecule has 3 rings (SSSR count). The van der Waals surface area contributed by atoms with E-state index in [1.807, 2.05) is 0 Å². The quantitative estimate of drug-likeness (QED) is 0.736. The van der Waals surface area contributed by atoms with Gasteiger partial charge in [0.1, 0.15) is 0 Å². The van der Waals surface area contributed by atoms with Crippen LogP contribution in [0.5, 0.6) is 0 Å². The monoisotopic (exact) mass is 395 g/mol. The summed E-state index contributed by atoms with van der Waals surface area (Å²) in [6.45, 7) is 6.56. The maximum Gasteiger partial charge on any atom is 0.194 e. The summed E-state index contributed by atoms with van der Waals surface area (Å²) in [5.41, 5.74) is 0.264. The predicted molar refractivity (Wildman–Crippen MR) is 89.8 cm³/mol. The predicted octanol–water partition coefficient (Wildman–Crippen LogP) is 1.47. The minimum atomic E-state index is 0. The second-order valence-electron chi connectivity index (χ2n) is 5.85. The van der Waals surface area contributed by atoms with Crippen molar-refractivity contribution in [1.29, 1.82) is 0 Å². The number of nitrogens with one attached hydrogen (secondary N) is 1. The molecule has 0 radical (unpaired) electrons. The molecule has 1 N–H and O–H groups in total. The van der Waals surface area contributed by atoms with Gasteiger partial charge in [-0.15, -0.1) is 24.0 Å². The van der Waals surface area contributed by atoms with E-state index in [9.17, 15) is 0 Å². The van der Waals surface area contributed by atoms with E-state index in [0.717, 1.165) is 58.1 Å². The van der Waals surface area contributed by atoms with Gasteiger partial charge in [-0.3, -0.25) is 4.99 Å². The topological polar surface area (TPSA) is 46.1 Å². The van der Waals surface area contributed by atoms with Crippen molar-refractivity contribution in [2.24, 2.45) is 10.4 Å². The summed E-state index contributed by atoms with van der Waals surface area (Å²) in [4.78, 5) is 6.76. The summed E-state index contributed by atoms with van der Waals surface area (Å²) >= 11 is 0. The third-order valence-corrected chi connectivity index (χ3v) is 4.94. The molecule has 20 heavy (non-hydrogen) atoms. The zero-order chi connectivity index (χ0) is 13.3. The van der Waals surface area contributed by atoms with Gasteiger partial charge in [0.15, 0.2) is 5.96 Å². The molecule has 0 amide bonds. The van der Waals surface area contributed by atoms with Gasteiger partial charge in [-0.05, 0) is 26.2 Å². The van der Waals surface area contributed by atoms with Gasteiger partial charge in [-0.2, -0.15) is 0 Å². The lowest BCUT2D eigenvalue weighted by atomic mass is 9.57. The number of halogens is 1. The largest absolute Gasteiger partial charge is 0.381 e. The molecule has 0 aromatic carbocycles. The standard InChI is InChI=1S/C14H25N3O2.HI/c1-3-19-12-10-11(14(12)4-8-18-9-5-14)16-13-15-6-7-17(13)2;/h11-12H,3-10H2,1-2H3,(H,15,16);1H. The van der Waals surface area contributed by atoms with Crippen LogP contribution in [0.25, 0.3) is 0 Å². The molecule has 3 aliphatic rings. The van der Waals surface area contributed by atoms with Crippen LogP contribution in [0.3, 0.4) is 0 Å². The van der Waals surface area contributed by atoms with E-state index in [1.165, 1.54) is 0 Å². The fraction of sp³-hybridized carbons (Fsp3) is 0.929. The minimum absolute atomic E-state index is 0. The average molecular weight is 395 g/mol. The van der Waals surface area contributed by atoms with E-state index in [-0.39, 0.29) is 29.4 Å². The molecule has 0 aromatic rings. The van der Waals surface area contributed by atoms with E-state index in [1.54, 1.807) is 0 Å². The van der Waals surface area contributed by atoms with Crippen LogP contribution in [0.1, 0.15) is 26.2 Å². The van der Waals surface area contributed by atoms with Gasteiger partial charge in [0.2, 0.25) is 0 Å². The molecule has 6 heteroatoms. The van der Waals surface area contributed by atoms with E-state index in [0.29, 0.717) is 12.1 Å². The molecule has 2 atom stereocenters. The summed E-state index contributed by atoms with van der Waals surface area (Å²) in [6, 6.07) is 0.493. The van der Waals surface area contributed by atoms with Crippen molar-refractivity contribution in [3.8, 4) is 0 Å². The van der Waals surface area contributed by atoms with Crippen molar-refractivity contribution in [2.75, 3.05) is 40.0 Å². The van der Waals surface area contributed by atoms with Crippen molar-refractivity contribution >= 4 is 29.9 Å². The second-order valence-corrected chi connectivity index (χ2v) is 5.85.